The highest BCUT2D eigenvalue weighted by Crippen LogP contribution is 2.49. The predicted molar refractivity (Wildman–Crippen MR) is 94.0 cm³/mol. The van der Waals surface area contributed by atoms with Crippen molar-refractivity contribution in [1.29, 1.82) is 0 Å². The van der Waals surface area contributed by atoms with Crippen LogP contribution in [0.1, 0.15) is 31.7 Å². The van der Waals surface area contributed by atoms with E-state index in [1.165, 1.54) is 6.42 Å². The van der Waals surface area contributed by atoms with Crippen LogP contribution in [0, 0.1) is 11.8 Å². The second kappa shape index (κ2) is 7.83. The molecule has 0 spiro atoms. The Bertz CT molecular complexity index is 655. The summed E-state index contributed by atoms with van der Waals surface area (Å²) in [6, 6.07) is 8.96. The van der Waals surface area contributed by atoms with Gasteiger partial charge in [-0.1, -0.05) is 36.4 Å². The molecule has 5 heteroatoms. The number of hydrogen-bond acceptors (Lipinski definition) is 3. The topological polar surface area (TPSA) is 75.6 Å². The number of hydrogen-bond donors (Lipinski definition) is 2. The van der Waals surface area contributed by atoms with Gasteiger partial charge in [0.25, 0.3) is 0 Å². The minimum Gasteiger partial charge on any atom is -0.479 e. The maximum Gasteiger partial charge on any atom is 0.330 e. The number of carboxylic acids is 1. The molecule has 0 aromatic heterocycles. The molecule has 0 heterocycles. The van der Waals surface area contributed by atoms with Crippen molar-refractivity contribution >= 4 is 11.9 Å². The number of rotatable bonds is 8. The van der Waals surface area contributed by atoms with Gasteiger partial charge in [-0.05, 0) is 55.6 Å². The van der Waals surface area contributed by atoms with Gasteiger partial charge in [0, 0.05) is 0 Å². The van der Waals surface area contributed by atoms with Crippen molar-refractivity contribution in [2.45, 2.75) is 44.8 Å². The summed E-state index contributed by atoms with van der Waals surface area (Å²) >= 11 is 0. The molecule has 1 amide bonds. The maximum absolute atomic E-state index is 12.3. The number of fused-ring (bicyclic) bond motifs is 1. The lowest BCUT2D eigenvalue weighted by atomic mass is 9.93. The first-order valence-corrected chi connectivity index (χ1v) is 8.92. The molecule has 1 saturated carbocycles. The summed E-state index contributed by atoms with van der Waals surface area (Å²) in [5, 5.41) is 12.1. The van der Waals surface area contributed by atoms with Gasteiger partial charge in [-0.25, -0.2) is 4.79 Å². The fourth-order valence-electron chi connectivity index (χ4n) is 3.42. The lowest BCUT2D eigenvalue weighted by Gasteiger charge is -2.22. The van der Waals surface area contributed by atoms with Crippen molar-refractivity contribution in [1.82, 2.24) is 5.32 Å². The van der Waals surface area contributed by atoms with E-state index < -0.39 is 18.1 Å². The lowest BCUT2D eigenvalue weighted by Crippen LogP contribution is -2.46. The molecule has 1 fully saturated rings. The van der Waals surface area contributed by atoms with E-state index >= 15 is 0 Å². The van der Waals surface area contributed by atoms with E-state index in [0.29, 0.717) is 12.5 Å². The van der Waals surface area contributed by atoms with Crippen molar-refractivity contribution in [3.05, 3.63) is 47.5 Å². The summed E-state index contributed by atoms with van der Waals surface area (Å²) in [6.45, 7) is 2.08. The number of nitrogens with one attached hydrogen (secondary N) is 1. The molecular weight excluding hydrogens is 318 g/mol. The Morgan fingerprint density at radius 2 is 2.04 bits per heavy atom. The van der Waals surface area contributed by atoms with Crippen LogP contribution >= 0.6 is 0 Å². The molecule has 1 aromatic rings. The first-order valence-electron chi connectivity index (χ1n) is 8.92. The molecule has 0 aliphatic heterocycles. The van der Waals surface area contributed by atoms with Gasteiger partial charge in [-0.2, -0.15) is 0 Å². The Morgan fingerprint density at radius 3 is 2.72 bits per heavy atom. The third-order valence-electron chi connectivity index (χ3n) is 5.12. The average molecular weight is 343 g/mol. The second-order valence-electron chi connectivity index (χ2n) is 7.00. The van der Waals surface area contributed by atoms with Gasteiger partial charge in [0.2, 0.25) is 5.91 Å². The summed E-state index contributed by atoms with van der Waals surface area (Å²) in [6.07, 6.45) is 4.93. The fourth-order valence-corrected chi connectivity index (χ4v) is 3.42. The van der Waals surface area contributed by atoms with E-state index in [1.54, 1.807) is 6.92 Å². The minimum atomic E-state index is -1.00. The summed E-state index contributed by atoms with van der Waals surface area (Å²) in [4.78, 5) is 23.9. The summed E-state index contributed by atoms with van der Waals surface area (Å²) in [5.41, 5.74) is 1.97. The van der Waals surface area contributed by atoms with Gasteiger partial charge >= 0.3 is 5.97 Å². The van der Waals surface area contributed by atoms with Crippen LogP contribution in [0.15, 0.2) is 42.0 Å². The molecule has 0 bridgehead atoms. The number of amides is 1. The third-order valence-corrected chi connectivity index (χ3v) is 5.12. The second-order valence-corrected chi connectivity index (χ2v) is 7.00. The number of ether oxygens (including phenoxy) is 1. The zero-order valence-corrected chi connectivity index (χ0v) is 14.5. The van der Waals surface area contributed by atoms with Crippen molar-refractivity contribution in [3.63, 3.8) is 0 Å². The van der Waals surface area contributed by atoms with Crippen LogP contribution in [0.5, 0.6) is 0 Å². The highest BCUT2D eigenvalue weighted by molar-refractivity contribution is 5.88. The normalized spacial score (nSPS) is 23.8. The van der Waals surface area contributed by atoms with Crippen LogP contribution in [0.25, 0.3) is 0 Å². The number of carbonyl (C=O) groups excluding carboxylic acids is 1. The van der Waals surface area contributed by atoms with E-state index in [0.717, 1.165) is 36.3 Å². The molecular formula is C20H25NO4. The van der Waals surface area contributed by atoms with Gasteiger partial charge < -0.3 is 15.2 Å². The van der Waals surface area contributed by atoms with Gasteiger partial charge in [0.15, 0.2) is 0 Å². The minimum absolute atomic E-state index is 0.376. The van der Waals surface area contributed by atoms with E-state index in [4.69, 9.17) is 4.74 Å². The smallest absolute Gasteiger partial charge is 0.330 e. The molecule has 2 aliphatic rings. The maximum atomic E-state index is 12.3. The van der Waals surface area contributed by atoms with Gasteiger partial charge in [0.05, 0.1) is 6.61 Å². The number of aliphatic carboxylic acids is 1. The van der Waals surface area contributed by atoms with Crippen LogP contribution in [-0.4, -0.2) is 35.7 Å². The SMILES string of the molecule is CC(OCCc1ccccc1)C(=O)N[C@@H](C(=O)O)C1=CCC2CC2C1. The summed E-state index contributed by atoms with van der Waals surface area (Å²) < 4.78 is 5.58. The zero-order chi connectivity index (χ0) is 17.8. The molecule has 0 saturated heterocycles. The van der Waals surface area contributed by atoms with E-state index in [1.807, 2.05) is 36.4 Å². The molecule has 4 atom stereocenters. The molecule has 3 rings (SSSR count). The van der Waals surface area contributed by atoms with Crippen LogP contribution in [0.2, 0.25) is 0 Å². The van der Waals surface area contributed by atoms with Crippen molar-refractivity contribution in [2.24, 2.45) is 11.8 Å². The quantitative estimate of drug-likeness (QED) is 0.711. The number of carbonyl (C=O) groups is 2. The Morgan fingerprint density at radius 1 is 1.28 bits per heavy atom. The molecule has 1 aromatic carbocycles. The lowest BCUT2D eigenvalue weighted by molar-refractivity contribution is -0.143. The zero-order valence-electron chi connectivity index (χ0n) is 14.5. The van der Waals surface area contributed by atoms with Crippen LogP contribution < -0.4 is 5.32 Å². The molecule has 2 N–H and O–H groups in total. The molecule has 2 aliphatic carbocycles. The van der Waals surface area contributed by atoms with E-state index in [2.05, 4.69) is 5.32 Å². The van der Waals surface area contributed by atoms with Gasteiger partial charge in [0.1, 0.15) is 12.1 Å². The molecule has 134 valence electrons. The van der Waals surface area contributed by atoms with E-state index in [-0.39, 0.29) is 5.91 Å². The average Bonchev–Trinajstić information content (AvgIpc) is 3.38. The Balaban J connectivity index is 1.48. The summed E-state index contributed by atoms with van der Waals surface area (Å²) in [5.74, 6) is -0.0399. The highest BCUT2D eigenvalue weighted by atomic mass is 16.5. The first kappa shape index (κ1) is 17.7. The van der Waals surface area contributed by atoms with Crippen molar-refractivity contribution in [3.8, 4) is 0 Å². The molecule has 3 unspecified atom stereocenters. The van der Waals surface area contributed by atoms with E-state index in [9.17, 15) is 14.7 Å². The Kier molecular flexibility index (Phi) is 5.53. The molecule has 25 heavy (non-hydrogen) atoms. The number of carboxylic acid groups (broad SMARTS) is 1. The third kappa shape index (κ3) is 4.69. The molecule has 0 radical (unpaired) electrons. The predicted octanol–water partition coefficient (Wildman–Crippen LogP) is 2.56. The first-order chi connectivity index (χ1) is 12.0. The van der Waals surface area contributed by atoms with Crippen molar-refractivity contribution in [2.75, 3.05) is 6.61 Å². The largest absolute Gasteiger partial charge is 0.479 e. The van der Waals surface area contributed by atoms with Crippen LogP contribution in [0.4, 0.5) is 0 Å². The van der Waals surface area contributed by atoms with Crippen LogP contribution in [0.3, 0.4) is 0 Å². The highest BCUT2D eigenvalue weighted by Gasteiger charge is 2.41. The van der Waals surface area contributed by atoms with Gasteiger partial charge in [-0.3, -0.25) is 4.79 Å². The van der Waals surface area contributed by atoms with Crippen LogP contribution in [-0.2, 0) is 20.7 Å². The number of benzene rings is 1. The Hall–Kier alpha value is -2.14. The monoisotopic (exact) mass is 343 g/mol. The van der Waals surface area contributed by atoms with Gasteiger partial charge in [-0.15, -0.1) is 0 Å². The fraction of sp³-hybridized carbons (Fsp3) is 0.500. The summed E-state index contributed by atoms with van der Waals surface area (Å²) in [7, 11) is 0. The number of allylic oxidation sites excluding steroid dienone is 1. The Labute approximate surface area is 148 Å². The molecule has 5 nitrogen and oxygen atoms in total. The standard InChI is InChI=1S/C20H25NO4/c1-13(25-10-9-14-5-3-2-4-6-14)19(22)21-18(20(23)24)16-8-7-15-11-17(15)12-16/h2-6,8,13,15,17-18H,7,9-12H2,1H3,(H,21,22)(H,23,24)/t13?,15?,17?,18-/m1/s1. The van der Waals surface area contributed by atoms with Crippen molar-refractivity contribution < 1.29 is 19.4 Å².